The van der Waals surface area contributed by atoms with Gasteiger partial charge in [0.2, 0.25) is 0 Å². The summed E-state index contributed by atoms with van der Waals surface area (Å²) in [4.78, 5) is 12.5. The molecule has 0 spiro atoms. The lowest BCUT2D eigenvalue weighted by molar-refractivity contribution is 0.0636. The highest BCUT2D eigenvalue weighted by Gasteiger charge is 2.23. The standard InChI is InChI=1S/C16H23NO3S.C2H6/c1-16(2,3)20-15(18)17-12-7-6-10-14(11-12)21(19)13-8-4-5-9-13;1-2/h6-7,10-11,13H,4-5,8-9H2,1-3H3,(H,17,18);1-2H3. The van der Waals surface area contributed by atoms with Crippen LogP contribution in [0.4, 0.5) is 10.5 Å². The third-order valence-corrected chi connectivity index (χ3v) is 5.11. The van der Waals surface area contributed by atoms with Crippen LogP contribution in [0.2, 0.25) is 0 Å². The van der Waals surface area contributed by atoms with Crippen molar-refractivity contribution in [1.29, 1.82) is 0 Å². The van der Waals surface area contributed by atoms with Gasteiger partial charge in [-0.3, -0.25) is 9.53 Å². The van der Waals surface area contributed by atoms with Crippen LogP contribution < -0.4 is 5.32 Å². The molecular weight excluding hydrogens is 310 g/mol. The first-order chi connectivity index (χ1) is 10.8. The Hall–Kier alpha value is -1.36. The first-order valence-corrected chi connectivity index (χ1v) is 9.57. The summed E-state index contributed by atoms with van der Waals surface area (Å²) >= 11 is 0. The zero-order chi connectivity index (χ0) is 17.5. The number of anilines is 1. The lowest BCUT2D eigenvalue weighted by Crippen LogP contribution is -2.27. The van der Waals surface area contributed by atoms with Crippen LogP contribution in [0.15, 0.2) is 29.2 Å². The predicted octanol–water partition coefficient (Wildman–Crippen LogP) is 5.11. The molecule has 1 unspecified atom stereocenters. The highest BCUT2D eigenvalue weighted by Crippen LogP contribution is 2.27. The molecule has 0 bridgehead atoms. The number of hydrogen-bond donors (Lipinski definition) is 1. The molecule has 1 aliphatic rings. The Kier molecular flexibility index (Phi) is 7.76. The van der Waals surface area contributed by atoms with Crippen LogP contribution in [-0.2, 0) is 15.5 Å². The third kappa shape index (κ3) is 6.73. The van der Waals surface area contributed by atoms with E-state index in [1.807, 2.05) is 46.8 Å². The summed E-state index contributed by atoms with van der Waals surface area (Å²) in [7, 11) is -0.995. The third-order valence-electron chi connectivity index (χ3n) is 3.32. The molecule has 0 saturated heterocycles. The van der Waals surface area contributed by atoms with Crippen molar-refractivity contribution in [2.45, 2.75) is 76.0 Å². The van der Waals surface area contributed by atoms with Gasteiger partial charge in [-0.25, -0.2) is 4.79 Å². The molecular formula is C18H29NO3S. The Labute approximate surface area is 142 Å². The lowest BCUT2D eigenvalue weighted by atomic mass is 10.2. The van der Waals surface area contributed by atoms with Crippen molar-refractivity contribution in [3.8, 4) is 0 Å². The monoisotopic (exact) mass is 339 g/mol. The van der Waals surface area contributed by atoms with Gasteiger partial charge in [0.25, 0.3) is 0 Å². The van der Waals surface area contributed by atoms with Gasteiger partial charge >= 0.3 is 6.09 Å². The van der Waals surface area contributed by atoms with Crippen LogP contribution in [0.25, 0.3) is 0 Å². The Morgan fingerprint density at radius 1 is 1.22 bits per heavy atom. The number of benzene rings is 1. The molecule has 23 heavy (non-hydrogen) atoms. The summed E-state index contributed by atoms with van der Waals surface area (Å²) < 4.78 is 17.7. The Balaban J connectivity index is 0.00000127. The fourth-order valence-corrected chi connectivity index (χ4v) is 4.02. The Bertz CT molecular complexity index is 531. The molecule has 1 amide bonds. The summed E-state index contributed by atoms with van der Waals surface area (Å²) in [5, 5.41) is 2.94. The van der Waals surface area contributed by atoms with Gasteiger partial charge in [0.15, 0.2) is 0 Å². The molecule has 130 valence electrons. The van der Waals surface area contributed by atoms with Crippen LogP contribution >= 0.6 is 0 Å². The number of nitrogens with one attached hydrogen (secondary N) is 1. The molecule has 1 saturated carbocycles. The first kappa shape index (κ1) is 19.7. The fourth-order valence-electron chi connectivity index (χ4n) is 2.42. The van der Waals surface area contributed by atoms with Crippen LogP contribution in [0.5, 0.6) is 0 Å². The molecule has 1 aromatic carbocycles. The maximum absolute atomic E-state index is 12.5. The average molecular weight is 340 g/mol. The van der Waals surface area contributed by atoms with Gasteiger partial charge < -0.3 is 4.74 Å². The van der Waals surface area contributed by atoms with E-state index < -0.39 is 22.5 Å². The van der Waals surface area contributed by atoms with Crippen molar-refractivity contribution < 1.29 is 13.7 Å². The highest BCUT2D eigenvalue weighted by molar-refractivity contribution is 7.85. The lowest BCUT2D eigenvalue weighted by Gasteiger charge is -2.19. The second-order valence-corrected chi connectivity index (χ2v) is 8.09. The molecule has 1 N–H and O–H groups in total. The normalized spacial score (nSPS) is 16.2. The maximum atomic E-state index is 12.5. The smallest absolute Gasteiger partial charge is 0.412 e. The van der Waals surface area contributed by atoms with Crippen molar-refractivity contribution in [1.82, 2.24) is 0 Å². The summed E-state index contributed by atoms with van der Waals surface area (Å²) in [5.74, 6) is 0. The van der Waals surface area contributed by atoms with E-state index >= 15 is 0 Å². The Morgan fingerprint density at radius 2 is 1.83 bits per heavy atom. The molecule has 4 nitrogen and oxygen atoms in total. The van der Waals surface area contributed by atoms with E-state index in [0.717, 1.165) is 30.6 Å². The average Bonchev–Trinajstić information content (AvgIpc) is 3.01. The molecule has 1 fully saturated rings. The maximum Gasteiger partial charge on any atom is 0.412 e. The largest absolute Gasteiger partial charge is 0.444 e. The summed E-state index contributed by atoms with van der Waals surface area (Å²) in [6.07, 6.45) is 3.87. The van der Waals surface area contributed by atoms with Gasteiger partial charge in [-0.1, -0.05) is 32.8 Å². The first-order valence-electron chi connectivity index (χ1n) is 8.36. The topological polar surface area (TPSA) is 55.4 Å². The molecule has 1 atom stereocenters. The zero-order valence-corrected chi connectivity index (χ0v) is 15.7. The highest BCUT2D eigenvalue weighted by atomic mass is 32.2. The second kappa shape index (κ2) is 9.06. The SMILES string of the molecule is CC.CC(C)(C)OC(=O)Nc1cccc(S(=O)C2CCCC2)c1. The molecule has 1 aliphatic carbocycles. The molecule has 2 rings (SSSR count). The van der Waals surface area contributed by atoms with Crippen molar-refractivity contribution in [2.75, 3.05) is 5.32 Å². The minimum atomic E-state index is -0.995. The Morgan fingerprint density at radius 3 is 2.39 bits per heavy atom. The molecule has 5 heteroatoms. The van der Waals surface area contributed by atoms with Crippen molar-refractivity contribution >= 4 is 22.6 Å². The van der Waals surface area contributed by atoms with Crippen LogP contribution in [0.1, 0.15) is 60.3 Å². The van der Waals surface area contributed by atoms with E-state index in [9.17, 15) is 9.00 Å². The van der Waals surface area contributed by atoms with Crippen LogP contribution in [-0.4, -0.2) is 21.2 Å². The predicted molar refractivity (Wildman–Crippen MR) is 96.3 cm³/mol. The summed E-state index contributed by atoms with van der Waals surface area (Å²) in [5.41, 5.74) is 0.0852. The van der Waals surface area contributed by atoms with Gasteiger partial charge in [-0.2, -0.15) is 0 Å². The van der Waals surface area contributed by atoms with E-state index in [2.05, 4.69) is 5.32 Å². The number of carbonyl (C=O) groups excluding carboxylic acids is 1. The molecule has 1 aromatic rings. The number of amides is 1. The minimum absolute atomic E-state index is 0.252. The number of ether oxygens (including phenoxy) is 1. The zero-order valence-electron chi connectivity index (χ0n) is 14.8. The van der Waals surface area contributed by atoms with E-state index in [1.165, 1.54) is 0 Å². The number of rotatable bonds is 3. The van der Waals surface area contributed by atoms with E-state index in [-0.39, 0.29) is 5.25 Å². The molecule has 0 aromatic heterocycles. The number of hydrogen-bond acceptors (Lipinski definition) is 3. The quantitative estimate of drug-likeness (QED) is 0.832. The van der Waals surface area contributed by atoms with Gasteiger partial charge in [-0.15, -0.1) is 0 Å². The van der Waals surface area contributed by atoms with Crippen LogP contribution in [0, 0.1) is 0 Å². The summed E-state index contributed by atoms with van der Waals surface area (Å²) in [6, 6.07) is 7.22. The molecule has 0 aliphatic heterocycles. The fraction of sp³-hybridized carbons (Fsp3) is 0.611. The van der Waals surface area contributed by atoms with Crippen molar-refractivity contribution in [3.05, 3.63) is 24.3 Å². The van der Waals surface area contributed by atoms with E-state index in [1.54, 1.807) is 12.1 Å². The summed E-state index contributed by atoms with van der Waals surface area (Å²) in [6.45, 7) is 9.45. The van der Waals surface area contributed by atoms with E-state index in [0.29, 0.717) is 5.69 Å². The van der Waals surface area contributed by atoms with Crippen molar-refractivity contribution in [3.63, 3.8) is 0 Å². The van der Waals surface area contributed by atoms with E-state index in [4.69, 9.17) is 4.74 Å². The van der Waals surface area contributed by atoms with Crippen molar-refractivity contribution in [2.24, 2.45) is 0 Å². The van der Waals surface area contributed by atoms with Gasteiger partial charge in [0, 0.05) is 15.8 Å². The van der Waals surface area contributed by atoms with Crippen LogP contribution in [0.3, 0.4) is 0 Å². The van der Waals surface area contributed by atoms with Gasteiger partial charge in [0.05, 0.1) is 10.8 Å². The molecule has 0 heterocycles. The van der Waals surface area contributed by atoms with Gasteiger partial charge in [0.1, 0.15) is 5.60 Å². The molecule has 0 radical (unpaired) electrons. The second-order valence-electron chi connectivity index (χ2n) is 6.36. The minimum Gasteiger partial charge on any atom is -0.444 e. The van der Waals surface area contributed by atoms with Gasteiger partial charge in [-0.05, 0) is 51.8 Å². The number of carbonyl (C=O) groups is 1.